The van der Waals surface area contributed by atoms with Gasteiger partial charge in [-0.3, -0.25) is 9.59 Å². The lowest BCUT2D eigenvalue weighted by Gasteiger charge is -2.25. The Morgan fingerprint density at radius 1 is 1.12 bits per heavy atom. The monoisotopic (exact) mass is 644 g/mol. The number of benzene rings is 2. The Morgan fingerprint density at radius 2 is 1.82 bits per heavy atom. The van der Waals surface area contributed by atoms with Crippen molar-refractivity contribution in [1.29, 1.82) is 0 Å². The number of hydrogen-bond acceptors (Lipinski definition) is 7. The van der Waals surface area contributed by atoms with Crippen LogP contribution in [0.25, 0.3) is 0 Å². The van der Waals surface area contributed by atoms with Gasteiger partial charge in [-0.1, -0.05) is 35.8 Å². The van der Waals surface area contributed by atoms with Gasteiger partial charge < -0.3 is 26.0 Å². The van der Waals surface area contributed by atoms with Crippen molar-refractivity contribution < 1.29 is 32.3 Å². The lowest BCUT2D eigenvalue weighted by Crippen LogP contribution is -2.46. The molecule has 3 rings (SSSR count). The number of thioether (sulfide) groups is 1. The van der Waals surface area contributed by atoms with Crippen molar-refractivity contribution in [1.82, 2.24) is 10.2 Å². The molecule has 1 saturated heterocycles. The van der Waals surface area contributed by atoms with E-state index in [0.717, 1.165) is 16.1 Å². The van der Waals surface area contributed by atoms with Crippen LogP contribution in [0.2, 0.25) is 0 Å². The quantitative estimate of drug-likeness (QED) is 0.251. The molecule has 13 heteroatoms. The summed E-state index contributed by atoms with van der Waals surface area (Å²) in [5.74, 6) is -4.15. The first-order chi connectivity index (χ1) is 18.9. The number of nitrogens with one attached hydrogen (secondary N) is 2. The Kier molecular flexibility index (Phi) is 11.3. The van der Waals surface area contributed by atoms with Crippen molar-refractivity contribution in [2.45, 2.75) is 50.7 Å². The maximum atomic E-state index is 14.0. The highest BCUT2D eigenvalue weighted by molar-refractivity contribution is 9.10. The molecule has 1 aliphatic rings. The van der Waals surface area contributed by atoms with Gasteiger partial charge in [-0.15, -0.1) is 11.8 Å². The Bertz CT molecular complexity index is 1250. The van der Waals surface area contributed by atoms with E-state index in [2.05, 4.69) is 26.6 Å². The highest BCUT2D eigenvalue weighted by Crippen LogP contribution is 2.27. The van der Waals surface area contributed by atoms with Crippen molar-refractivity contribution >= 4 is 51.2 Å². The molecular formula is C27H32BrF3N4O4S. The van der Waals surface area contributed by atoms with E-state index in [-0.39, 0.29) is 36.8 Å². The van der Waals surface area contributed by atoms with E-state index in [1.807, 2.05) is 26.0 Å². The summed E-state index contributed by atoms with van der Waals surface area (Å²) < 4.78 is 46.4. The molecule has 0 radical (unpaired) electrons. The number of carbonyl (C=O) groups is 3. The van der Waals surface area contributed by atoms with Gasteiger partial charge in [0.25, 0.3) is 5.91 Å². The fourth-order valence-electron chi connectivity index (χ4n) is 4.26. The van der Waals surface area contributed by atoms with Gasteiger partial charge in [0, 0.05) is 47.5 Å². The zero-order chi connectivity index (χ0) is 29.6. The number of carbonyl (C=O) groups excluding carboxylic acids is 3. The zero-order valence-electron chi connectivity index (χ0n) is 22.3. The molecular weight excluding hydrogens is 613 g/mol. The van der Waals surface area contributed by atoms with Crippen LogP contribution in [-0.2, 0) is 32.1 Å². The molecule has 0 saturated carbocycles. The number of nitrogens with zero attached hydrogens (tertiary/aromatic N) is 1. The number of hydrogen-bond donors (Lipinski definition) is 3. The first kappa shape index (κ1) is 31.8. The molecule has 2 amide bonds. The zero-order valence-corrected chi connectivity index (χ0v) is 24.7. The maximum absolute atomic E-state index is 14.0. The van der Waals surface area contributed by atoms with E-state index in [4.69, 9.17) is 10.5 Å². The Morgan fingerprint density at radius 3 is 2.50 bits per heavy atom. The standard InChI is InChI=1S/C27H32BrF3N4O4S/c1-14(2)24(27(38)39-3)34-22-10-17(28)5-4-15(22)13-33-25(37)26-35(6-7-40-26)23(36)11-18(32)8-16-9-20(30)21(31)12-19(16)29/h4-5,9-10,12,14,18,24,26,34H,6-8,11,13,32H2,1-3H3,(H,33,37). The van der Waals surface area contributed by atoms with Crippen molar-refractivity contribution in [3.63, 3.8) is 0 Å². The van der Waals surface area contributed by atoms with Crippen molar-refractivity contribution in [2.75, 3.05) is 24.7 Å². The summed E-state index contributed by atoms with van der Waals surface area (Å²) in [4.78, 5) is 39.7. The lowest BCUT2D eigenvalue weighted by atomic mass is 10.0. The molecule has 3 unspecified atom stereocenters. The highest BCUT2D eigenvalue weighted by atomic mass is 79.9. The summed E-state index contributed by atoms with van der Waals surface area (Å²) in [5.41, 5.74) is 7.26. The molecule has 2 aromatic carbocycles. The van der Waals surface area contributed by atoms with Crippen LogP contribution >= 0.6 is 27.7 Å². The Balaban J connectivity index is 1.63. The van der Waals surface area contributed by atoms with Crippen LogP contribution < -0.4 is 16.4 Å². The second-order valence-corrected chi connectivity index (χ2v) is 11.8. The van der Waals surface area contributed by atoms with E-state index < -0.39 is 46.8 Å². The van der Waals surface area contributed by atoms with Gasteiger partial charge in [0.15, 0.2) is 17.0 Å². The van der Waals surface area contributed by atoms with E-state index in [0.29, 0.717) is 24.1 Å². The average Bonchev–Trinajstić information content (AvgIpc) is 3.39. The van der Waals surface area contributed by atoms with Crippen LogP contribution in [0.1, 0.15) is 31.4 Å². The minimum absolute atomic E-state index is 0.0618. The minimum Gasteiger partial charge on any atom is -0.467 e. The number of nitrogens with two attached hydrogens (primary N) is 1. The number of halogens is 4. The molecule has 0 aliphatic carbocycles. The first-order valence-corrected chi connectivity index (χ1v) is 14.5. The SMILES string of the molecule is COC(=O)C(Nc1cc(Br)ccc1CNC(=O)C1SCCN1C(=O)CC(N)Cc1cc(F)c(F)cc1F)C(C)C. The molecule has 218 valence electrons. The minimum atomic E-state index is -1.30. The second kappa shape index (κ2) is 14.2. The van der Waals surface area contributed by atoms with Gasteiger partial charge in [0.2, 0.25) is 5.91 Å². The third-order valence-electron chi connectivity index (χ3n) is 6.40. The van der Waals surface area contributed by atoms with E-state index in [1.165, 1.54) is 23.8 Å². The van der Waals surface area contributed by atoms with Gasteiger partial charge in [0.05, 0.1) is 7.11 Å². The summed E-state index contributed by atoms with van der Waals surface area (Å²) in [6.07, 6.45) is -0.372. The van der Waals surface area contributed by atoms with Crippen LogP contribution in [0.4, 0.5) is 18.9 Å². The molecule has 40 heavy (non-hydrogen) atoms. The van der Waals surface area contributed by atoms with Crippen LogP contribution in [0.15, 0.2) is 34.8 Å². The maximum Gasteiger partial charge on any atom is 0.328 e. The van der Waals surface area contributed by atoms with Crippen molar-refractivity contribution in [3.8, 4) is 0 Å². The molecule has 0 bridgehead atoms. The van der Waals surface area contributed by atoms with Gasteiger partial charge >= 0.3 is 5.97 Å². The molecule has 1 aliphatic heterocycles. The number of rotatable bonds is 11. The molecule has 0 spiro atoms. The summed E-state index contributed by atoms with van der Waals surface area (Å²) in [5, 5.41) is 5.27. The van der Waals surface area contributed by atoms with Gasteiger partial charge in [-0.2, -0.15) is 0 Å². The Labute approximate surface area is 243 Å². The summed E-state index contributed by atoms with van der Waals surface area (Å²) in [7, 11) is 1.32. The third-order valence-corrected chi connectivity index (χ3v) is 8.10. The predicted molar refractivity (Wildman–Crippen MR) is 151 cm³/mol. The smallest absolute Gasteiger partial charge is 0.328 e. The second-order valence-electron chi connectivity index (χ2n) is 9.74. The number of ether oxygens (including phenoxy) is 1. The van der Waals surface area contributed by atoms with E-state index in [9.17, 15) is 27.6 Å². The van der Waals surface area contributed by atoms with Gasteiger partial charge in [0.1, 0.15) is 11.9 Å². The molecule has 0 aromatic heterocycles. The fourth-order valence-corrected chi connectivity index (χ4v) is 5.78. The molecule has 4 N–H and O–H groups in total. The molecule has 2 aromatic rings. The molecule has 3 atom stereocenters. The molecule has 1 fully saturated rings. The summed E-state index contributed by atoms with van der Waals surface area (Å²) >= 11 is 4.73. The third kappa shape index (κ3) is 8.14. The number of methoxy groups -OCH3 is 1. The predicted octanol–water partition coefficient (Wildman–Crippen LogP) is 3.95. The normalized spacial score (nSPS) is 16.5. The van der Waals surface area contributed by atoms with Crippen LogP contribution in [0, 0.1) is 23.4 Å². The van der Waals surface area contributed by atoms with Crippen LogP contribution in [-0.4, -0.2) is 59.5 Å². The molecule has 8 nitrogen and oxygen atoms in total. The van der Waals surface area contributed by atoms with Crippen molar-refractivity contribution in [3.05, 3.63) is 63.4 Å². The van der Waals surface area contributed by atoms with Gasteiger partial charge in [-0.25, -0.2) is 18.0 Å². The number of anilines is 1. The van der Waals surface area contributed by atoms with Gasteiger partial charge in [-0.05, 0) is 41.7 Å². The van der Waals surface area contributed by atoms with Crippen molar-refractivity contribution in [2.24, 2.45) is 11.7 Å². The fraction of sp³-hybridized carbons (Fsp3) is 0.444. The summed E-state index contributed by atoms with van der Waals surface area (Å²) in [6, 6.07) is 5.14. The first-order valence-electron chi connectivity index (χ1n) is 12.6. The largest absolute Gasteiger partial charge is 0.467 e. The van der Waals surface area contributed by atoms with Crippen LogP contribution in [0.3, 0.4) is 0 Å². The molecule has 1 heterocycles. The lowest BCUT2D eigenvalue weighted by molar-refractivity contribution is -0.142. The van der Waals surface area contributed by atoms with E-state index >= 15 is 0 Å². The van der Waals surface area contributed by atoms with E-state index in [1.54, 1.807) is 6.07 Å². The highest BCUT2D eigenvalue weighted by Gasteiger charge is 2.35. The number of esters is 1. The Hall–Kier alpha value is -2.77. The topological polar surface area (TPSA) is 114 Å². The van der Waals surface area contributed by atoms with Crippen LogP contribution in [0.5, 0.6) is 0 Å². The number of amides is 2. The summed E-state index contributed by atoms with van der Waals surface area (Å²) in [6.45, 7) is 4.23. The average molecular weight is 646 g/mol.